The molecule has 2 aromatic heterocycles. The zero-order chi connectivity index (χ0) is 32.7. The predicted molar refractivity (Wildman–Crippen MR) is 188 cm³/mol. The Bertz CT molecular complexity index is 1970. The lowest BCUT2D eigenvalue weighted by Gasteiger charge is -2.36. The summed E-state index contributed by atoms with van der Waals surface area (Å²) in [6.45, 7) is 5.82. The number of carbonyl (C=O) groups excluding carboxylic acids is 1. The molecule has 0 unspecified atom stereocenters. The molecule has 0 saturated carbocycles. The molecule has 0 spiro atoms. The van der Waals surface area contributed by atoms with Crippen molar-refractivity contribution < 1.29 is 19.0 Å². The number of amides is 1. The number of piperazine rings is 1. The van der Waals surface area contributed by atoms with E-state index < -0.39 is 0 Å². The van der Waals surface area contributed by atoms with Crippen molar-refractivity contribution in [1.29, 1.82) is 0 Å². The van der Waals surface area contributed by atoms with Crippen LogP contribution in [0.2, 0.25) is 0 Å². The van der Waals surface area contributed by atoms with Crippen molar-refractivity contribution in [3.05, 3.63) is 150 Å². The van der Waals surface area contributed by atoms with Crippen molar-refractivity contribution in [3.8, 4) is 17.4 Å². The van der Waals surface area contributed by atoms with Crippen molar-refractivity contribution in [2.24, 2.45) is 0 Å². The first-order valence-electron chi connectivity index (χ1n) is 16.3. The van der Waals surface area contributed by atoms with Crippen LogP contribution >= 0.6 is 0 Å². The molecule has 8 nitrogen and oxygen atoms in total. The number of aromatic nitrogens is 2. The average molecular weight is 639 g/mol. The Hall–Kier alpha value is -5.76. The normalized spacial score (nSPS) is 13.0. The standard InChI is InChI=1S/C40H38N4O4/c1-30-26-44(36-20-21-37(46-27-31-12-5-2-6-13-31)41-39(36)47-28-32-14-7-3-8-15-32)35-19-11-18-34(38(30)35)42-22-24-43(25-23-42)40(45)48-29-33-16-9-4-10-17-33/h2-21,26H,22-25,27-29H2,1H3. The molecule has 1 amide bonds. The van der Waals surface area contributed by atoms with E-state index >= 15 is 0 Å². The van der Waals surface area contributed by atoms with Crippen LogP contribution in [-0.4, -0.2) is 46.7 Å². The summed E-state index contributed by atoms with van der Waals surface area (Å²) in [7, 11) is 0. The molecule has 242 valence electrons. The first-order valence-corrected chi connectivity index (χ1v) is 16.3. The van der Waals surface area contributed by atoms with Crippen molar-refractivity contribution in [2.75, 3.05) is 31.1 Å². The number of hydrogen-bond donors (Lipinski definition) is 0. The maximum Gasteiger partial charge on any atom is 0.410 e. The third-order valence-electron chi connectivity index (χ3n) is 8.60. The summed E-state index contributed by atoms with van der Waals surface area (Å²) in [5.74, 6) is 0.994. The van der Waals surface area contributed by atoms with Gasteiger partial charge in [-0.15, -0.1) is 0 Å². The highest BCUT2D eigenvalue weighted by Crippen LogP contribution is 2.36. The zero-order valence-corrected chi connectivity index (χ0v) is 27.0. The Morgan fingerprint density at radius 3 is 1.90 bits per heavy atom. The quantitative estimate of drug-likeness (QED) is 0.152. The number of hydrogen-bond acceptors (Lipinski definition) is 6. The van der Waals surface area contributed by atoms with Gasteiger partial charge >= 0.3 is 6.09 Å². The molecule has 0 bridgehead atoms. The molecule has 7 rings (SSSR count). The van der Waals surface area contributed by atoms with Gasteiger partial charge in [-0.2, -0.15) is 4.98 Å². The third-order valence-corrected chi connectivity index (χ3v) is 8.60. The van der Waals surface area contributed by atoms with E-state index in [1.807, 2.05) is 103 Å². The summed E-state index contributed by atoms with van der Waals surface area (Å²) in [5.41, 5.74) is 7.28. The minimum Gasteiger partial charge on any atom is -0.473 e. The molecule has 0 atom stereocenters. The fraction of sp³-hybridized carbons (Fsp3) is 0.200. The van der Waals surface area contributed by atoms with Gasteiger partial charge in [0.05, 0.1) is 5.52 Å². The van der Waals surface area contributed by atoms with Gasteiger partial charge in [-0.25, -0.2) is 4.79 Å². The third kappa shape index (κ3) is 6.98. The van der Waals surface area contributed by atoms with Crippen LogP contribution in [0.1, 0.15) is 22.3 Å². The van der Waals surface area contributed by atoms with Gasteiger partial charge < -0.3 is 28.6 Å². The maximum absolute atomic E-state index is 12.8. The largest absolute Gasteiger partial charge is 0.473 e. The van der Waals surface area contributed by atoms with Gasteiger partial charge in [0.2, 0.25) is 11.8 Å². The van der Waals surface area contributed by atoms with E-state index in [-0.39, 0.29) is 12.7 Å². The number of aryl methyl sites for hydroxylation is 1. The molecule has 6 aromatic rings. The summed E-state index contributed by atoms with van der Waals surface area (Å²) in [6, 6.07) is 40.2. The summed E-state index contributed by atoms with van der Waals surface area (Å²) >= 11 is 0. The number of rotatable bonds is 10. The van der Waals surface area contributed by atoms with E-state index in [0.29, 0.717) is 51.2 Å². The Morgan fingerprint density at radius 2 is 1.25 bits per heavy atom. The Labute approximate surface area is 280 Å². The Kier molecular flexibility index (Phi) is 9.22. The van der Waals surface area contributed by atoms with Crippen molar-refractivity contribution in [3.63, 3.8) is 0 Å². The lowest BCUT2D eigenvalue weighted by molar-refractivity contribution is 0.0942. The van der Waals surface area contributed by atoms with Gasteiger partial charge in [-0.3, -0.25) is 0 Å². The second-order valence-corrected chi connectivity index (χ2v) is 11.9. The molecule has 48 heavy (non-hydrogen) atoms. The molecule has 1 aliphatic rings. The number of ether oxygens (including phenoxy) is 3. The number of carbonyl (C=O) groups is 1. The van der Waals surface area contributed by atoms with E-state index in [2.05, 4.69) is 40.8 Å². The highest BCUT2D eigenvalue weighted by molar-refractivity contribution is 5.97. The van der Waals surface area contributed by atoms with Gasteiger partial charge in [-0.1, -0.05) is 97.1 Å². The number of pyridine rings is 1. The van der Waals surface area contributed by atoms with Crippen LogP contribution < -0.4 is 14.4 Å². The molecule has 8 heteroatoms. The average Bonchev–Trinajstić information content (AvgIpc) is 3.49. The fourth-order valence-electron chi connectivity index (χ4n) is 6.11. The van der Waals surface area contributed by atoms with Crippen LogP contribution in [0.5, 0.6) is 11.8 Å². The van der Waals surface area contributed by atoms with E-state index in [9.17, 15) is 4.79 Å². The van der Waals surface area contributed by atoms with Crippen LogP contribution in [0.4, 0.5) is 10.5 Å². The van der Waals surface area contributed by atoms with Crippen LogP contribution in [0, 0.1) is 6.92 Å². The Morgan fingerprint density at radius 1 is 0.646 bits per heavy atom. The van der Waals surface area contributed by atoms with E-state index in [0.717, 1.165) is 44.5 Å². The molecular formula is C40H38N4O4. The van der Waals surface area contributed by atoms with E-state index in [1.165, 1.54) is 0 Å². The SMILES string of the molecule is Cc1cn(-c2ccc(OCc3ccccc3)nc2OCc2ccccc2)c2cccc(N3CCN(C(=O)OCc4ccccc4)CC3)c12. The van der Waals surface area contributed by atoms with Gasteiger partial charge in [-0.05, 0) is 47.4 Å². The summed E-state index contributed by atoms with van der Waals surface area (Å²) < 4.78 is 20.2. The lowest BCUT2D eigenvalue weighted by Crippen LogP contribution is -2.49. The molecule has 1 fully saturated rings. The summed E-state index contributed by atoms with van der Waals surface area (Å²) in [6.07, 6.45) is 1.87. The Balaban J connectivity index is 1.12. The molecular weight excluding hydrogens is 600 g/mol. The second kappa shape index (κ2) is 14.3. The molecule has 1 saturated heterocycles. The number of anilines is 1. The van der Waals surface area contributed by atoms with Crippen LogP contribution in [-0.2, 0) is 24.6 Å². The number of nitrogens with zero attached hydrogens (tertiary/aromatic N) is 4. The molecule has 0 N–H and O–H groups in total. The van der Waals surface area contributed by atoms with Gasteiger partial charge in [0.1, 0.15) is 25.5 Å². The smallest absolute Gasteiger partial charge is 0.410 e. The highest BCUT2D eigenvalue weighted by Gasteiger charge is 2.25. The topological polar surface area (TPSA) is 69.1 Å². The molecule has 3 heterocycles. The molecule has 1 aliphatic heterocycles. The second-order valence-electron chi connectivity index (χ2n) is 11.9. The first kappa shape index (κ1) is 30.9. The lowest BCUT2D eigenvalue weighted by atomic mass is 10.1. The van der Waals surface area contributed by atoms with Gasteiger partial charge in [0.25, 0.3) is 0 Å². The van der Waals surface area contributed by atoms with Crippen LogP contribution in [0.3, 0.4) is 0 Å². The monoisotopic (exact) mass is 638 g/mol. The van der Waals surface area contributed by atoms with Gasteiger partial charge in [0.15, 0.2) is 0 Å². The first-order chi connectivity index (χ1) is 23.6. The van der Waals surface area contributed by atoms with Crippen molar-refractivity contribution in [1.82, 2.24) is 14.5 Å². The van der Waals surface area contributed by atoms with Crippen LogP contribution in [0.15, 0.2) is 128 Å². The number of benzene rings is 4. The zero-order valence-electron chi connectivity index (χ0n) is 27.0. The van der Waals surface area contributed by atoms with Crippen LogP contribution in [0.25, 0.3) is 16.6 Å². The minimum absolute atomic E-state index is 0.272. The molecule has 0 aliphatic carbocycles. The predicted octanol–water partition coefficient (Wildman–Crippen LogP) is 7.95. The van der Waals surface area contributed by atoms with E-state index in [4.69, 9.17) is 19.2 Å². The van der Waals surface area contributed by atoms with Crippen molar-refractivity contribution in [2.45, 2.75) is 26.7 Å². The summed E-state index contributed by atoms with van der Waals surface area (Å²) in [5, 5.41) is 1.16. The van der Waals surface area contributed by atoms with Crippen molar-refractivity contribution >= 4 is 22.7 Å². The van der Waals surface area contributed by atoms with Gasteiger partial charge in [0, 0.05) is 49.5 Å². The fourth-order valence-corrected chi connectivity index (χ4v) is 6.11. The number of fused-ring (bicyclic) bond motifs is 1. The molecule has 0 radical (unpaired) electrons. The summed E-state index contributed by atoms with van der Waals surface area (Å²) in [4.78, 5) is 21.8. The van der Waals surface area contributed by atoms with E-state index in [1.54, 1.807) is 4.90 Å². The highest BCUT2D eigenvalue weighted by atomic mass is 16.6. The minimum atomic E-state index is -0.272. The maximum atomic E-state index is 12.8. The molecule has 4 aromatic carbocycles.